The summed E-state index contributed by atoms with van der Waals surface area (Å²) in [5.41, 5.74) is 1.28. The topological polar surface area (TPSA) is 120 Å². The molecule has 1 aliphatic rings. The van der Waals surface area contributed by atoms with E-state index in [2.05, 4.69) is 10.3 Å². The zero-order chi connectivity index (χ0) is 22.5. The molecule has 0 saturated carbocycles. The number of thioether (sulfide) groups is 1. The predicted molar refractivity (Wildman–Crippen MR) is 117 cm³/mol. The van der Waals surface area contributed by atoms with Crippen molar-refractivity contribution < 1.29 is 24.0 Å². The fraction of sp³-hybridized carbons (Fsp3) is 0.150. The molecule has 1 heterocycles. The minimum atomic E-state index is -0.477. The van der Waals surface area contributed by atoms with Gasteiger partial charge in [0.1, 0.15) is 6.61 Å². The molecule has 160 valence electrons. The molecule has 2 amide bonds. The van der Waals surface area contributed by atoms with Gasteiger partial charge in [-0.1, -0.05) is 11.6 Å². The van der Waals surface area contributed by atoms with E-state index in [9.17, 15) is 19.7 Å². The van der Waals surface area contributed by atoms with E-state index in [1.807, 2.05) is 0 Å². The van der Waals surface area contributed by atoms with E-state index in [1.54, 1.807) is 30.3 Å². The highest BCUT2D eigenvalue weighted by atomic mass is 35.5. The third-order valence-electron chi connectivity index (χ3n) is 3.98. The number of amidine groups is 1. The number of hydrogen-bond acceptors (Lipinski definition) is 7. The van der Waals surface area contributed by atoms with E-state index in [-0.39, 0.29) is 28.4 Å². The molecule has 11 heteroatoms. The molecule has 1 N–H and O–H groups in total. The number of nitrogens with zero attached hydrogens (tertiary/aromatic N) is 2. The van der Waals surface area contributed by atoms with Gasteiger partial charge in [-0.3, -0.25) is 19.7 Å². The summed E-state index contributed by atoms with van der Waals surface area (Å²) >= 11 is 7.41. The number of nitrogens with one attached hydrogen (secondary N) is 1. The van der Waals surface area contributed by atoms with Crippen LogP contribution < -0.4 is 14.8 Å². The van der Waals surface area contributed by atoms with Crippen molar-refractivity contribution in [1.29, 1.82) is 0 Å². The first-order valence-corrected chi connectivity index (χ1v) is 10.00. The van der Waals surface area contributed by atoms with E-state index in [0.717, 1.165) is 11.8 Å². The lowest BCUT2D eigenvalue weighted by Crippen LogP contribution is -2.23. The second-order valence-electron chi connectivity index (χ2n) is 6.26. The summed E-state index contributed by atoms with van der Waals surface area (Å²) in [5.74, 6) is -0.146. The number of benzene rings is 2. The van der Waals surface area contributed by atoms with Gasteiger partial charge < -0.3 is 14.8 Å². The first-order chi connectivity index (χ1) is 14.8. The van der Waals surface area contributed by atoms with Gasteiger partial charge in [-0.05, 0) is 53.2 Å². The minimum Gasteiger partial charge on any atom is -0.493 e. The van der Waals surface area contributed by atoms with Gasteiger partial charge in [-0.25, -0.2) is 0 Å². The number of nitro groups is 1. The van der Waals surface area contributed by atoms with Crippen molar-refractivity contribution in [3.05, 3.63) is 67.6 Å². The Balaban J connectivity index is 1.77. The number of methoxy groups -OCH3 is 1. The summed E-state index contributed by atoms with van der Waals surface area (Å²) in [4.78, 5) is 37.5. The third kappa shape index (κ3) is 5.62. The molecule has 0 spiro atoms. The highest BCUT2D eigenvalue weighted by molar-refractivity contribution is 8.18. The van der Waals surface area contributed by atoms with Crippen molar-refractivity contribution in [1.82, 2.24) is 5.32 Å². The summed E-state index contributed by atoms with van der Waals surface area (Å²) in [5, 5.41) is 13.7. The lowest BCUT2D eigenvalue weighted by molar-refractivity contribution is -0.384. The second-order valence-corrected chi connectivity index (χ2v) is 7.70. The first-order valence-electron chi connectivity index (χ1n) is 8.80. The monoisotopic (exact) mass is 461 g/mol. The van der Waals surface area contributed by atoms with Gasteiger partial charge in [0.05, 0.1) is 22.0 Å². The molecule has 3 rings (SSSR count). The van der Waals surface area contributed by atoms with Crippen LogP contribution in [0.5, 0.6) is 11.5 Å². The fourth-order valence-corrected chi connectivity index (χ4v) is 3.73. The van der Waals surface area contributed by atoms with Crippen LogP contribution in [0.15, 0.2) is 46.3 Å². The third-order valence-corrected chi connectivity index (χ3v) is 5.16. The van der Waals surface area contributed by atoms with Crippen molar-refractivity contribution in [3.63, 3.8) is 0 Å². The highest BCUT2D eigenvalue weighted by Crippen LogP contribution is 2.38. The molecule has 0 unspecified atom stereocenters. The van der Waals surface area contributed by atoms with Crippen LogP contribution in [0.2, 0.25) is 5.02 Å². The SMILES string of the molecule is COc1cc(/C=C2\SC(NC(C)=O)=NC2=O)cc(Cl)c1OCc1ccc([N+](=O)[O-])cc1. The van der Waals surface area contributed by atoms with E-state index in [4.69, 9.17) is 21.1 Å². The number of ether oxygens (including phenoxy) is 2. The van der Waals surface area contributed by atoms with Gasteiger partial charge in [-0.2, -0.15) is 4.99 Å². The van der Waals surface area contributed by atoms with Crippen molar-refractivity contribution in [2.75, 3.05) is 7.11 Å². The summed E-state index contributed by atoms with van der Waals surface area (Å²) in [6.45, 7) is 1.45. The summed E-state index contributed by atoms with van der Waals surface area (Å²) in [6, 6.07) is 9.21. The minimum absolute atomic E-state index is 0.0123. The van der Waals surface area contributed by atoms with Crippen molar-refractivity contribution >= 4 is 52.1 Å². The molecular formula is C20H16ClN3O6S. The second kappa shape index (κ2) is 9.63. The Morgan fingerprint density at radius 2 is 2.03 bits per heavy atom. The Morgan fingerprint density at radius 1 is 1.32 bits per heavy atom. The van der Waals surface area contributed by atoms with Crippen LogP contribution in [-0.2, 0) is 16.2 Å². The van der Waals surface area contributed by atoms with Gasteiger partial charge in [0.2, 0.25) is 5.91 Å². The molecule has 2 aromatic rings. The number of halogens is 1. The molecule has 2 aromatic carbocycles. The Bertz CT molecular complexity index is 1110. The van der Waals surface area contributed by atoms with Crippen LogP contribution in [-0.4, -0.2) is 29.0 Å². The summed E-state index contributed by atoms with van der Waals surface area (Å²) in [6.07, 6.45) is 1.58. The average Bonchev–Trinajstić information content (AvgIpc) is 3.04. The number of carbonyl (C=O) groups is 2. The maximum atomic E-state index is 12.0. The van der Waals surface area contributed by atoms with Gasteiger partial charge in [0.25, 0.3) is 11.6 Å². The van der Waals surface area contributed by atoms with E-state index >= 15 is 0 Å². The number of rotatable bonds is 6. The van der Waals surface area contributed by atoms with Crippen LogP contribution in [0.3, 0.4) is 0 Å². The molecule has 0 radical (unpaired) electrons. The normalized spacial score (nSPS) is 14.4. The average molecular weight is 462 g/mol. The van der Waals surface area contributed by atoms with E-state index < -0.39 is 10.8 Å². The Hall–Kier alpha value is -3.37. The number of non-ortho nitro benzene ring substituents is 1. The van der Waals surface area contributed by atoms with Crippen LogP contribution >= 0.6 is 23.4 Å². The standard InChI is InChI=1S/C20H16ClN3O6S/c1-11(25)22-20-23-19(26)17(31-20)9-13-7-15(21)18(16(8-13)29-2)30-10-12-3-5-14(6-4-12)24(27)28/h3-9H,10H2,1-2H3,(H,22,23,25,26)/b17-9-. The molecule has 0 bridgehead atoms. The van der Waals surface area contributed by atoms with Gasteiger partial charge in [0, 0.05) is 19.1 Å². The van der Waals surface area contributed by atoms with Crippen LogP contribution in [0.1, 0.15) is 18.1 Å². The molecule has 0 atom stereocenters. The Labute approximate surface area is 186 Å². The van der Waals surface area contributed by atoms with Crippen LogP contribution in [0.25, 0.3) is 6.08 Å². The van der Waals surface area contributed by atoms with Crippen LogP contribution in [0.4, 0.5) is 5.69 Å². The molecule has 1 aliphatic heterocycles. The number of carbonyl (C=O) groups excluding carboxylic acids is 2. The fourth-order valence-electron chi connectivity index (χ4n) is 2.60. The van der Waals surface area contributed by atoms with Gasteiger partial charge >= 0.3 is 0 Å². The quantitative estimate of drug-likeness (QED) is 0.393. The predicted octanol–water partition coefficient (Wildman–Crippen LogP) is 3.94. The largest absolute Gasteiger partial charge is 0.493 e. The zero-order valence-electron chi connectivity index (χ0n) is 16.4. The number of nitro benzene ring substituents is 1. The van der Waals surface area contributed by atoms with Gasteiger partial charge in [-0.15, -0.1) is 0 Å². The number of aliphatic imine (C=N–C) groups is 1. The lowest BCUT2D eigenvalue weighted by Gasteiger charge is -2.13. The smallest absolute Gasteiger partial charge is 0.286 e. The van der Waals surface area contributed by atoms with Crippen molar-refractivity contribution in [3.8, 4) is 11.5 Å². The summed E-state index contributed by atoms with van der Waals surface area (Å²) < 4.78 is 11.1. The molecule has 0 saturated heterocycles. The zero-order valence-corrected chi connectivity index (χ0v) is 18.0. The Morgan fingerprint density at radius 3 is 2.65 bits per heavy atom. The molecule has 31 heavy (non-hydrogen) atoms. The van der Waals surface area contributed by atoms with E-state index in [0.29, 0.717) is 27.5 Å². The molecule has 9 nitrogen and oxygen atoms in total. The molecule has 0 aromatic heterocycles. The van der Waals surface area contributed by atoms with E-state index in [1.165, 1.54) is 26.2 Å². The molecule has 0 aliphatic carbocycles. The van der Waals surface area contributed by atoms with Crippen molar-refractivity contribution in [2.24, 2.45) is 4.99 Å². The molecular weight excluding hydrogens is 446 g/mol. The maximum Gasteiger partial charge on any atom is 0.286 e. The highest BCUT2D eigenvalue weighted by Gasteiger charge is 2.23. The number of hydrogen-bond donors (Lipinski definition) is 1. The number of amides is 2. The van der Waals surface area contributed by atoms with Crippen LogP contribution in [0, 0.1) is 10.1 Å². The van der Waals surface area contributed by atoms with Crippen molar-refractivity contribution in [2.45, 2.75) is 13.5 Å². The Kier molecular flexibility index (Phi) is 6.93. The maximum absolute atomic E-state index is 12.0. The first kappa shape index (κ1) is 22.3. The molecule has 0 fully saturated rings. The van der Waals surface area contributed by atoms with Gasteiger partial charge in [0.15, 0.2) is 16.7 Å². The lowest BCUT2D eigenvalue weighted by atomic mass is 10.1. The summed E-state index contributed by atoms with van der Waals surface area (Å²) in [7, 11) is 1.45.